The fourth-order valence-electron chi connectivity index (χ4n) is 5.07. The van der Waals surface area contributed by atoms with Crippen molar-refractivity contribution in [2.75, 3.05) is 25.4 Å². The predicted octanol–water partition coefficient (Wildman–Crippen LogP) is 6.21. The highest BCUT2D eigenvalue weighted by molar-refractivity contribution is 7.23. The number of fused-ring (bicyclic) bond motifs is 2. The minimum Gasteiger partial charge on any atom is -0.466 e. The molecule has 2 aromatic rings. The summed E-state index contributed by atoms with van der Waals surface area (Å²) in [5.41, 5.74) is 9.66. The number of nitrogens with zero attached hydrogens (tertiary/aromatic N) is 1. The normalized spacial score (nSPS) is 19.1. The molecule has 0 aliphatic carbocycles. The van der Waals surface area contributed by atoms with E-state index in [0.29, 0.717) is 37.5 Å². The summed E-state index contributed by atoms with van der Waals surface area (Å²) < 4.78 is 6.31. The number of rotatable bonds is 9. The minimum absolute atomic E-state index is 0.0703. The Morgan fingerprint density at radius 3 is 2.91 bits per heavy atom. The van der Waals surface area contributed by atoms with Crippen molar-refractivity contribution in [3.8, 4) is 0 Å². The Hall–Kier alpha value is -2.18. The predicted molar refractivity (Wildman–Crippen MR) is 137 cm³/mol. The third kappa shape index (κ3) is 5.85. The summed E-state index contributed by atoms with van der Waals surface area (Å²) in [6.07, 6.45) is 11.5. The van der Waals surface area contributed by atoms with E-state index >= 15 is 0 Å². The second kappa shape index (κ2) is 11.3. The van der Waals surface area contributed by atoms with E-state index in [-0.39, 0.29) is 11.8 Å². The van der Waals surface area contributed by atoms with E-state index < -0.39 is 0 Å². The number of nitrogen functional groups attached to an aromatic ring is 1. The maximum Gasteiger partial charge on any atom is 0.305 e. The summed E-state index contributed by atoms with van der Waals surface area (Å²) in [5.74, 6) is -0.142. The average molecular weight is 469 g/mol. The largest absolute Gasteiger partial charge is 0.466 e. The highest BCUT2D eigenvalue weighted by Crippen LogP contribution is 2.41. The van der Waals surface area contributed by atoms with Crippen LogP contribution < -0.4 is 5.73 Å². The molecule has 2 N–H and O–H groups in total. The Bertz CT molecular complexity index is 1030. The quantitative estimate of drug-likeness (QED) is 0.269. The standard InChI is InChI=1S/C27H36N2O3S/c1-2-3-17-32-25(31)9-6-8-23(30)20-11-13-24-22(18-20)26(27(28)33-24)19-10-12-21-7-4-5-15-29(21)16-14-19/h11,13-14,18,21H,2-10,12,15-17,28H2,1H3. The van der Waals surface area contributed by atoms with Gasteiger partial charge in [-0.2, -0.15) is 0 Å². The first kappa shape index (κ1) is 24.0. The molecule has 5 nitrogen and oxygen atoms in total. The van der Waals surface area contributed by atoms with Gasteiger partial charge < -0.3 is 10.5 Å². The van der Waals surface area contributed by atoms with Gasteiger partial charge in [-0.1, -0.05) is 25.8 Å². The van der Waals surface area contributed by atoms with Crippen molar-refractivity contribution in [1.82, 2.24) is 4.90 Å². The lowest BCUT2D eigenvalue weighted by atomic mass is 9.94. The first-order chi connectivity index (χ1) is 16.1. The maximum absolute atomic E-state index is 12.8. The highest BCUT2D eigenvalue weighted by atomic mass is 32.1. The number of hydrogen-bond donors (Lipinski definition) is 1. The number of Topliss-reactive ketones (excluding diaryl/α,β-unsaturated/α-hetero) is 1. The summed E-state index contributed by atoms with van der Waals surface area (Å²) >= 11 is 1.61. The van der Waals surface area contributed by atoms with Crippen LogP contribution in [0.5, 0.6) is 0 Å². The molecule has 1 fully saturated rings. The lowest BCUT2D eigenvalue weighted by Crippen LogP contribution is -2.38. The van der Waals surface area contributed by atoms with Gasteiger partial charge in [-0.05, 0) is 68.8 Å². The number of piperidine rings is 1. The van der Waals surface area contributed by atoms with Crippen LogP contribution in [0.3, 0.4) is 0 Å². The Balaban J connectivity index is 1.45. The Morgan fingerprint density at radius 1 is 1.18 bits per heavy atom. The molecule has 0 bridgehead atoms. The molecule has 2 aliphatic heterocycles. The Labute approximate surface area is 201 Å². The van der Waals surface area contributed by atoms with Crippen molar-refractivity contribution < 1.29 is 14.3 Å². The molecule has 33 heavy (non-hydrogen) atoms. The van der Waals surface area contributed by atoms with Crippen LogP contribution in [0, 0.1) is 0 Å². The fourth-order valence-corrected chi connectivity index (χ4v) is 6.05. The van der Waals surface area contributed by atoms with E-state index in [2.05, 4.69) is 17.9 Å². The zero-order chi connectivity index (χ0) is 23.2. The number of esters is 1. The molecule has 0 radical (unpaired) electrons. The number of ether oxygens (including phenoxy) is 1. The molecule has 6 heteroatoms. The summed E-state index contributed by atoms with van der Waals surface area (Å²) in [6, 6.07) is 6.61. The molecule has 1 atom stereocenters. The molecule has 2 aliphatic rings. The lowest BCUT2D eigenvalue weighted by molar-refractivity contribution is -0.143. The molecule has 0 spiro atoms. The van der Waals surface area contributed by atoms with Crippen LogP contribution in [-0.4, -0.2) is 42.4 Å². The van der Waals surface area contributed by atoms with E-state index in [1.807, 2.05) is 18.2 Å². The van der Waals surface area contributed by atoms with Gasteiger partial charge in [0.2, 0.25) is 0 Å². The zero-order valence-corrected chi connectivity index (χ0v) is 20.6. The smallest absolute Gasteiger partial charge is 0.305 e. The van der Waals surface area contributed by atoms with Gasteiger partial charge in [0.05, 0.1) is 11.6 Å². The summed E-state index contributed by atoms with van der Waals surface area (Å²) in [5, 5.41) is 1.93. The van der Waals surface area contributed by atoms with Crippen LogP contribution >= 0.6 is 11.3 Å². The van der Waals surface area contributed by atoms with Crippen molar-refractivity contribution in [2.45, 2.75) is 77.2 Å². The van der Waals surface area contributed by atoms with Gasteiger partial charge in [0.25, 0.3) is 0 Å². The number of allylic oxidation sites excluding steroid dienone is 1. The van der Waals surface area contributed by atoms with Crippen LogP contribution in [0.4, 0.5) is 5.00 Å². The summed E-state index contributed by atoms with van der Waals surface area (Å²) in [4.78, 5) is 27.3. The molecule has 1 saturated heterocycles. The molecule has 4 rings (SSSR count). The number of carbonyl (C=O) groups excluding carboxylic acids is 2. The number of thiophene rings is 1. The van der Waals surface area contributed by atoms with E-state index in [0.717, 1.165) is 46.5 Å². The van der Waals surface area contributed by atoms with Crippen LogP contribution in [0.2, 0.25) is 0 Å². The topological polar surface area (TPSA) is 72.6 Å². The number of hydrogen-bond acceptors (Lipinski definition) is 6. The van der Waals surface area contributed by atoms with Crippen molar-refractivity contribution in [2.24, 2.45) is 0 Å². The van der Waals surface area contributed by atoms with Crippen molar-refractivity contribution in [1.29, 1.82) is 0 Å². The fraction of sp³-hybridized carbons (Fsp3) is 0.556. The van der Waals surface area contributed by atoms with Gasteiger partial charge in [0, 0.05) is 46.6 Å². The lowest BCUT2D eigenvalue weighted by Gasteiger charge is -2.33. The Kier molecular flexibility index (Phi) is 8.20. The van der Waals surface area contributed by atoms with Crippen LogP contribution in [0.25, 0.3) is 15.7 Å². The van der Waals surface area contributed by atoms with E-state index in [1.165, 1.54) is 37.8 Å². The van der Waals surface area contributed by atoms with E-state index in [4.69, 9.17) is 10.5 Å². The third-order valence-electron chi connectivity index (χ3n) is 6.97. The number of benzene rings is 1. The number of ketones is 1. The van der Waals surface area contributed by atoms with Gasteiger partial charge in [-0.25, -0.2) is 0 Å². The molecule has 1 aromatic heterocycles. The van der Waals surface area contributed by atoms with Gasteiger partial charge in [-0.3, -0.25) is 14.5 Å². The second-order valence-corrected chi connectivity index (χ2v) is 10.4. The number of unbranched alkanes of at least 4 members (excludes halogenated alkanes) is 1. The third-order valence-corrected chi connectivity index (χ3v) is 7.97. The molecule has 1 unspecified atom stereocenters. The van der Waals surface area contributed by atoms with E-state index in [1.54, 1.807) is 11.3 Å². The summed E-state index contributed by atoms with van der Waals surface area (Å²) in [7, 11) is 0. The van der Waals surface area contributed by atoms with Gasteiger partial charge >= 0.3 is 5.97 Å². The number of carbonyl (C=O) groups is 2. The summed E-state index contributed by atoms with van der Waals surface area (Å²) in [6.45, 7) is 4.71. The molecule has 1 aromatic carbocycles. The Morgan fingerprint density at radius 2 is 2.06 bits per heavy atom. The first-order valence-corrected chi connectivity index (χ1v) is 13.3. The molecule has 0 amide bonds. The highest BCUT2D eigenvalue weighted by Gasteiger charge is 2.26. The molecule has 178 valence electrons. The van der Waals surface area contributed by atoms with Gasteiger partial charge in [0.1, 0.15) is 0 Å². The van der Waals surface area contributed by atoms with Crippen LogP contribution in [-0.2, 0) is 9.53 Å². The van der Waals surface area contributed by atoms with Crippen molar-refractivity contribution in [3.63, 3.8) is 0 Å². The van der Waals surface area contributed by atoms with E-state index in [9.17, 15) is 9.59 Å². The molecular weight excluding hydrogens is 432 g/mol. The molecule has 3 heterocycles. The van der Waals surface area contributed by atoms with Crippen LogP contribution in [0.15, 0.2) is 24.3 Å². The van der Waals surface area contributed by atoms with Crippen molar-refractivity contribution in [3.05, 3.63) is 35.4 Å². The van der Waals surface area contributed by atoms with Gasteiger partial charge in [0.15, 0.2) is 5.78 Å². The second-order valence-electron chi connectivity index (χ2n) is 9.32. The SMILES string of the molecule is CCCCOC(=O)CCCC(=O)c1ccc2sc(N)c(C3=CCN4CCCCC4CC3)c2c1. The number of anilines is 1. The minimum atomic E-state index is -0.212. The zero-order valence-electron chi connectivity index (χ0n) is 19.7. The maximum atomic E-state index is 12.8. The molecule has 0 saturated carbocycles. The molecular formula is C27H36N2O3S. The monoisotopic (exact) mass is 468 g/mol. The van der Waals surface area contributed by atoms with Crippen LogP contribution in [0.1, 0.15) is 87.1 Å². The van der Waals surface area contributed by atoms with Crippen molar-refractivity contribution >= 4 is 43.7 Å². The number of nitrogens with two attached hydrogens (primary N) is 1. The average Bonchev–Trinajstić information content (AvgIpc) is 3.00. The first-order valence-electron chi connectivity index (χ1n) is 12.5. The van der Waals surface area contributed by atoms with Gasteiger partial charge in [-0.15, -0.1) is 11.3 Å².